The molecule has 0 saturated heterocycles. The molecule has 0 aromatic heterocycles. The number of carbonyl (C=O) groups is 1. The molecule has 2 atom stereocenters. The van der Waals surface area contributed by atoms with Crippen LogP contribution >= 0.6 is 11.6 Å². The fraction of sp³-hybridized carbons (Fsp3) is 0.419. The monoisotopic (exact) mass is 693 g/mol. The number of halogens is 1. The van der Waals surface area contributed by atoms with Gasteiger partial charge < -0.3 is 14.7 Å². The van der Waals surface area contributed by atoms with Gasteiger partial charge in [-0.2, -0.15) is 5.26 Å². The summed E-state index contributed by atoms with van der Waals surface area (Å²) in [5.74, 6) is 1.91. The van der Waals surface area contributed by atoms with Gasteiger partial charge in [0.2, 0.25) is 0 Å². The smallest absolute Gasteiger partial charge is 0.303 e. The third kappa shape index (κ3) is 11.1. The molecule has 50 heavy (non-hydrogen) atoms. The molecule has 1 aliphatic heterocycles. The summed E-state index contributed by atoms with van der Waals surface area (Å²) < 4.78 is 6.02. The van der Waals surface area contributed by atoms with Crippen LogP contribution in [0.25, 0.3) is 0 Å². The van der Waals surface area contributed by atoms with Gasteiger partial charge in [0.05, 0.1) is 11.6 Å². The summed E-state index contributed by atoms with van der Waals surface area (Å²) in [5, 5.41) is 19.0. The van der Waals surface area contributed by atoms with E-state index in [4.69, 9.17) is 26.4 Å². The Morgan fingerprint density at radius 1 is 1.14 bits per heavy atom. The minimum atomic E-state index is -0.716. The van der Waals surface area contributed by atoms with E-state index < -0.39 is 5.97 Å². The van der Waals surface area contributed by atoms with Gasteiger partial charge in [-0.05, 0) is 129 Å². The van der Waals surface area contributed by atoms with Crippen LogP contribution in [0.3, 0.4) is 0 Å². The normalized spacial score (nSPS) is 18.7. The van der Waals surface area contributed by atoms with Gasteiger partial charge in [-0.25, -0.2) is 4.99 Å². The lowest BCUT2D eigenvalue weighted by Crippen LogP contribution is -2.32. The maximum absolute atomic E-state index is 11.1. The number of carboxylic acid groups (broad SMARTS) is 1. The number of aliphatic imine (C=N–C) groups is 1. The van der Waals surface area contributed by atoms with Crippen LogP contribution in [-0.2, 0) is 10.2 Å². The highest BCUT2D eigenvalue weighted by Gasteiger charge is 2.26. The van der Waals surface area contributed by atoms with Crippen molar-refractivity contribution in [2.45, 2.75) is 84.0 Å². The number of nitrogens with zero attached hydrogens (tertiary/aromatic N) is 3. The summed E-state index contributed by atoms with van der Waals surface area (Å²) in [6.07, 6.45) is 14.5. The molecule has 1 aliphatic carbocycles. The second kappa shape index (κ2) is 18.1. The van der Waals surface area contributed by atoms with Crippen LogP contribution < -0.4 is 4.74 Å². The van der Waals surface area contributed by atoms with E-state index in [2.05, 4.69) is 50.6 Å². The first-order valence-electron chi connectivity index (χ1n) is 17.7. The Morgan fingerprint density at radius 3 is 2.60 bits per heavy atom. The summed E-state index contributed by atoms with van der Waals surface area (Å²) in [6.45, 7) is 21.0. The highest BCUT2D eigenvalue weighted by molar-refractivity contribution is 6.30. The molecule has 7 heteroatoms. The molecule has 2 aromatic carbocycles. The molecule has 2 aromatic rings. The van der Waals surface area contributed by atoms with E-state index >= 15 is 0 Å². The standard InChI is InChI=1S/C43H52ClN3O3/c1-30(2)42(47-22-7-8-33(20-23-47)11-12-34-10-9-32(4)36(24-34)13-18-41(48)49)46-21-19-31(3)29-50-40-16-14-37(15-17-40)43(5,6)38-25-35(28-45)26-39(44)27-38/h8,14-17,19,21,25-27,34,36H,1,3-4,7,9-13,18,20,22-24,29H2,2,5-6H3,(H,48,49)/b21-19-,46-42+. The van der Waals surface area contributed by atoms with Gasteiger partial charge in [-0.3, -0.25) is 4.79 Å². The van der Waals surface area contributed by atoms with Crippen LogP contribution in [0, 0.1) is 23.2 Å². The lowest BCUT2D eigenvalue weighted by molar-refractivity contribution is -0.137. The van der Waals surface area contributed by atoms with Gasteiger partial charge in [0.15, 0.2) is 0 Å². The highest BCUT2D eigenvalue weighted by atomic mass is 35.5. The second-order valence-corrected chi connectivity index (χ2v) is 14.8. The van der Waals surface area contributed by atoms with Crippen molar-refractivity contribution in [3.8, 4) is 11.8 Å². The number of amidine groups is 1. The molecule has 1 heterocycles. The van der Waals surface area contributed by atoms with E-state index in [9.17, 15) is 10.1 Å². The minimum Gasteiger partial charge on any atom is -0.489 e. The summed E-state index contributed by atoms with van der Waals surface area (Å²) >= 11 is 6.28. The van der Waals surface area contributed by atoms with Crippen LogP contribution in [0.4, 0.5) is 0 Å². The summed E-state index contributed by atoms with van der Waals surface area (Å²) in [7, 11) is 0. The van der Waals surface area contributed by atoms with Crippen molar-refractivity contribution in [2.24, 2.45) is 16.8 Å². The van der Waals surface area contributed by atoms with Gasteiger partial charge in [0, 0.05) is 36.1 Å². The predicted octanol–water partition coefficient (Wildman–Crippen LogP) is 10.6. The van der Waals surface area contributed by atoms with Crippen LogP contribution in [0.5, 0.6) is 5.75 Å². The Morgan fingerprint density at radius 2 is 1.90 bits per heavy atom. The predicted molar refractivity (Wildman–Crippen MR) is 206 cm³/mol. The average Bonchev–Trinajstić information content (AvgIpc) is 3.33. The lowest BCUT2D eigenvalue weighted by atomic mass is 9.74. The number of rotatable bonds is 14. The number of hydrogen-bond acceptors (Lipinski definition) is 4. The van der Waals surface area contributed by atoms with E-state index in [1.807, 2.05) is 49.4 Å². The van der Waals surface area contributed by atoms with Crippen molar-refractivity contribution in [2.75, 3.05) is 19.7 Å². The highest BCUT2D eigenvalue weighted by Crippen LogP contribution is 2.38. The Hall–Kier alpha value is -4.34. The van der Waals surface area contributed by atoms with Crippen LogP contribution in [-0.4, -0.2) is 41.5 Å². The number of carboxylic acids is 1. The zero-order chi connectivity index (χ0) is 36.3. The van der Waals surface area contributed by atoms with Crippen LogP contribution in [0.2, 0.25) is 5.02 Å². The van der Waals surface area contributed by atoms with Gasteiger partial charge in [-0.15, -0.1) is 0 Å². The van der Waals surface area contributed by atoms with Crippen molar-refractivity contribution < 1.29 is 14.6 Å². The summed E-state index contributed by atoms with van der Waals surface area (Å²) in [4.78, 5) is 18.2. The van der Waals surface area contributed by atoms with E-state index in [1.165, 1.54) is 11.1 Å². The second-order valence-electron chi connectivity index (χ2n) is 14.3. The zero-order valence-electron chi connectivity index (χ0n) is 30.0. The van der Waals surface area contributed by atoms with Crippen molar-refractivity contribution in [1.29, 1.82) is 5.26 Å². The first kappa shape index (κ1) is 38.5. The SMILES string of the molecule is C=C(/C=C\N=C(/C(=C)C)N1CCC=C(CCC2CCC(=C)C(CCC(=O)O)C2)CC1)COc1ccc(C(C)(C)c2cc(Cl)cc(C#N)c2)cc1. The maximum Gasteiger partial charge on any atom is 0.303 e. The van der Waals surface area contributed by atoms with E-state index in [-0.39, 0.29) is 11.8 Å². The van der Waals surface area contributed by atoms with Gasteiger partial charge >= 0.3 is 5.97 Å². The lowest BCUT2D eigenvalue weighted by Gasteiger charge is -2.31. The molecule has 4 rings (SSSR count). The third-order valence-electron chi connectivity index (χ3n) is 10.1. The molecular weight excluding hydrogens is 642 g/mol. The number of aliphatic carboxylic acids is 1. The van der Waals surface area contributed by atoms with Crippen molar-refractivity contribution in [3.05, 3.63) is 125 Å². The first-order valence-corrected chi connectivity index (χ1v) is 18.1. The molecule has 0 amide bonds. The number of benzene rings is 2. The maximum atomic E-state index is 11.1. The molecule has 2 unspecified atom stereocenters. The molecule has 6 nitrogen and oxygen atoms in total. The van der Waals surface area contributed by atoms with Gasteiger partial charge in [-0.1, -0.05) is 74.5 Å². The zero-order valence-corrected chi connectivity index (χ0v) is 30.8. The first-order chi connectivity index (χ1) is 23.8. The molecule has 0 radical (unpaired) electrons. The summed E-state index contributed by atoms with van der Waals surface area (Å²) in [6, 6.07) is 15.6. The number of allylic oxidation sites excluding steroid dienone is 1. The average molecular weight is 694 g/mol. The topological polar surface area (TPSA) is 85.9 Å². The molecule has 1 N–H and O–H groups in total. The number of nitriles is 1. The van der Waals surface area contributed by atoms with Crippen molar-refractivity contribution in [1.82, 2.24) is 4.90 Å². The Balaban J connectivity index is 1.25. The fourth-order valence-electron chi connectivity index (χ4n) is 6.96. The molecule has 2 aliphatic rings. The summed E-state index contributed by atoms with van der Waals surface area (Å²) in [5.41, 5.74) is 6.75. The van der Waals surface area contributed by atoms with Crippen LogP contribution in [0.15, 0.2) is 108 Å². The number of hydrogen-bond donors (Lipinski definition) is 1. The Bertz CT molecular complexity index is 1690. The molecule has 1 fully saturated rings. The van der Waals surface area contributed by atoms with Crippen LogP contribution in [0.1, 0.15) is 95.2 Å². The molecular formula is C43H52ClN3O3. The fourth-order valence-corrected chi connectivity index (χ4v) is 7.19. The number of ether oxygens (including phenoxy) is 1. The van der Waals surface area contributed by atoms with Gasteiger partial charge in [0.25, 0.3) is 0 Å². The third-order valence-corrected chi connectivity index (χ3v) is 10.3. The Labute approximate surface area is 304 Å². The van der Waals surface area contributed by atoms with E-state index in [1.54, 1.807) is 12.3 Å². The minimum absolute atomic E-state index is 0.230. The van der Waals surface area contributed by atoms with E-state index in [0.29, 0.717) is 35.4 Å². The largest absolute Gasteiger partial charge is 0.489 e. The van der Waals surface area contributed by atoms with Gasteiger partial charge in [0.1, 0.15) is 18.2 Å². The molecule has 0 spiro atoms. The quantitative estimate of drug-likeness (QED) is 0.0921. The molecule has 1 saturated carbocycles. The molecule has 0 bridgehead atoms. The molecule has 264 valence electrons. The van der Waals surface area contributed by atoms with E-state index in [0.717, 1.165) is 91.9 Å². The Kier molecular flexibility index (Phi) is 13.9. The van der Waals surface area contributed by atoms with Crippen molar-refractivity contribution in [3.63, 3.8) is 0 Å². The van der Waals surface area contributed by atoms with Crippen molar-refractivity contribution >= 4 is 23.4 Å².